The number of ether oxygens (including phenoxy) is 1. The lowest BCUT2D eigenvalue weighted by Gasteiger charge is -2.32. The van der Waals surface area contributed by atoms with Crippen molar-refractivity contribution in [1.82, 2.24) is 3.97 Å². The third-order valence-corrected chi connectivity index (χ3v) is 10.2. The van der Waals surface area contributed by atoms with Gasteiger partial charge in [0.15, 0.2) is 0 Å². The topological polar surface area (TPSA) is 85.7 Å². The molecule has 2 bridgehead atoms. The van der Waals surface area contributed by atoms with Crippen LogP contribution in [0.2, 0.25) is 0 Å². The van der Waals surface area contributed by atoms with Crippen LogP contribution in [0.5, 0.6) is 0 Å². The number of rotatable bonds is 4. The summed E-state index contributed by atoms with van der Waals surface area (Å²) in [6.45, 7) is 0. The van der Waals surface area contributed by atoms with Crippen molar-refractivity contribution in [2.75, 3.05) is 4.90 Å². The fourth-order valence-corrected chi connectivity index (χ4v) is 8.54. The fourth-order valence-electron chi connectivity index (χ4n) is 6.96. The molecule has 0 unspecified atom stereocenters. The third kappa shape index (κ3) is 2.74. The van der Waals surface area contributed by atoms with Crippen LogP contribution in [0, 0.1) is 11.8 Å². The van der Waals surface area contributed by atoms with Crippen molar-refractivity contribution < 1.29 is 22.7 Å². The summed E-state index contributed by atoms with van der Waals surface area (Å²) in [6, 6.07) is 33.7. The molecule has 3 aliphatic heterocycles. The van der Waals surface area contributed by atoms with Crippen LogP contribution >= 0.6 is 0 Å². The number of anilines is 1. The molecule has 8 rings (SSSR count). The van der Waals surface area contributed by atoms with Crippen LogP contribution in [-0.2, 0) is 30.0 Å². The quantitative estimate of drug-likeness (QED) is 0.296. The van der Waals surface area contributed by atoms with E-state index in [1.165, 1.54) is 8.87 Å². The Bertz CT molecular complexity index is 1950. The van der Waals surface area contributed by atoms with Gasteiger partial charge in [0.2, 0.25) is 11.8 Å². The minimum atomic E-state index is -4.08. The number of carbonyl (C=O) groups excluding carboxylic acids is 2. The summed E-state index contributed by atoms with van der Waals surface area (Å²) in [5.41, 5.74) is 1.40. The zero-order valence-electron chi connectivity index (χ0n) is 21.0. The minimum Gasteiger partial charge on any atom is -0.354 e. The van der Waals surface area contributed by atoms with Crippen LogP contribution in [0.15, 0.2) is 120 Å². The molecule has 0 aliphatic carbocycles. The molecule has 4 atom stereocenters. The number of benzene rings is 4. The highest BCUT2D eigenvalue weighted by Gasteiger charge is 2.74. The number of aromatic nitrogens is 1. The number of carbonyl (C=O) groups is 2. The lowest BCUT2D eigenvalue weighted by molar-refractivity contribution is -0.127. The average Bonchev–Trinajstić information content (AvgIpc) is 3.70. The lowest BCUT2D eigenvalue weighted by Crippen LogP contribution is -2.41. The van der Waals surface area contributed by atoms with Crippen LogP contribution in [0.25, 0.3) is 10.9 Å². The Balaban J connectivity index is 1.46. The Hall–Kier alpha value is -4.53. The number of hydrogen-bond acceptors (Lipinski definition) is 5. The molecule has 3 aliphatic rings. The minimum absolute atomic E-state index is 0.131. The van der Waals surface area contributed by atoms with Crippen molar-refractivity contribution in [2.45, 2.75) is 16.6 Å². The SMILES string of the molecule is O=C1[C@H]2[C@H]3O[C@](c4ccccc4)(c4c3n(S(=O)(=O)c3ccccc3)c3ccccc43)[C@H]2C(=O)N1c1ccccc1. The first-order chi connectivity index (χ1) is 19.5. The molecule has 40 heavy (non-hydrogen) atoms. The molecule has 0 spiro atoms. The van der Waals surface area contributed by atoms with Crippen LogP contribution in [0.1, 0.15) is 22.9 Å². The van der Waals surface area contributed by atoms with Crippen LogP contribution < -0.4 is 4.90 Å². The summed E-state index contributed by atoms with van der Waals surface area (Å²) >= 11 is 0. The molecule has 5 aromatic rings. The molecule has 2 saturated heterocycles. The van der Waals surface area contributed by atoms with E-state index < -0.39 is 33.6 Å². The summed E-state index contributed by atoms with van der Waals surface area (Å²) < 4.78 is 36.6. The third-order valence-electron chi connectivity index (χ3n) is 8.43. The Kier molecular flexibility index (Phi) is 4.67. The van der Waals surface area contributed by atoms with Gasteiger partial charge in [0, 0.05) is 10.9 Å². The lowest BCUT2D eigenvalue weighted by atomic mass is 9.68. The molecule has 2 amide bonds. The largest absolute Gasteiger partial charge is 0.354 e. The highest BCUT2D eigenvalue weighted by Crippen LogP contribution is 2.68. The zero-order valence-corrected chi connectivity index (χ0v) is 21.9. The van der Waals surface area contributed by atoms with Crippen molar-refractivity contribution in [2.24, 2.45) is 11.8 Å². The van der Waals surface area contributed by atoms with Crippen molar-refractivity contribution in [3.8, 4) is 0 Å². The summed E-state index contributed by atoms with van der Waals surface area (Å²) in [5.74, 6) is -2.46. The maximum absolute atomic E-state index is 14.3. The molecule has 4 aromatic carbocycles. The van der Waals surface area contributed by atoms with Crippen molar-refractivity contribution in [1.29, 1.82) is 0 Å². The Labute approximate surface area is 230 Å². The van der Waals surface area contributed by atoms with Crippen molar-refractivity contribution in [3.63, 3.8) is 0 Å². The zero-order chi connectivity index (χ0) is 27.2. The van der Waals surface area contributed by atoms with Crippen LogP contribution in [0.3, 0.4) is 0 Å². The number of imide groups is 1. The smallest absolute Gasteiger partial charge is 0.268 e. The maximum atomic E-state index is 14.3. The van der Waals surface area contributed by atoms with E-state index >= 15 is 0 Å². The van der Waals surface area contributed by atoms with Crippen molar-refractivity contribution >= 4 is 38.4 Å². The van der Waals surface area contributed by atoms with Gasteiger partial charge < -0.3 is 4.74 Å². The van der Waals surface area contributed by atoms with Gasteiger partial charge in [0.05, 0.1) is 33.6 Å². The molecule has 7 nitrogen and oxygen atoms in total. The Morgan fingerprint density at radius 1 is 0.700 bits per heavy atom. The van der Waals surface area contributed by atoms with Gasteiger partial charge in [-0.1, -0.05) is 84.9 Å². The molecular weight excluding hydrogens is 524 g/mol. The van der Waals surface area contributed by atoms with Gasteiger partial charge in [-0.15, -0.1) is 0 Å². The first-order valence-corrected chi connectivity index (χ1v) is 14.5. The molecule has 8 heteroatoms. The first kappa shape index (κ1) is 23.4. The molecule has 0 N–H and O–H groups in total. The second-order valence-corrected chi connectivity index (χ2v) is 12.1. The monoisotopic (exact) mass is 546 g/mol. The van der Waals surface area contributed by atoms with E-state index in [4.69, 9.17) is 4.74 Å². The van der Waals surface area contributed by atoms with Gasteiger partial charge in [-0.3, -0.25) is 9.59 Å². The Morgan fingerprint density at radius 3 is 2.00 bits per heavy atom. The van der Waals surface area contributed by atoms with E-state index in [1.807, 2.05) is 48.5 Å². The summed E-state index contributed by atoms with van der Waals surface area (Å²) in [6.07, 6.45) is -0.934. The van der Waals surface area contributed by atoms with Gasteiger partial charge >= 0.3 is 0 Å². The molecule has 0 saturated carbocycles. The molecule has 2 fully saturated rings. The fraction of sp³-hybridized carbons (Fsp3) is 0.125. The van der Waals surface area contributed by atoms with E-state index in [1.54, 1.807) is 66.7 Å². The van der Waals surface area contributed by atoms with E-state index in [9.17, 15) is 18.0 Å². The van der Waals surface area contributed by atoms with Crippen LogP contribution in [0.4, 0.5) is 5.69 Å². The van der Waals surface area contributed by atoms with Gasteiger partial charge in [-0.2, -0.15) is 0 Å². The molecule has 4 heterocycles. The highest BCUT2D eigenvalue weighted by atomic mass is 32.2. The molecule has 196 valence electrons. The maximum Gasteiger partial charge on any atom is 0.268 e. The van der Waals surface area contributed by atoms with Crippen molar-refractivity contribution in [3.05, 3.63) is 132 Å². The van der Waals surface area contributed by atoms with E-state index in [0.717, 1.165) is 0 Å². The second-order valence-electron chi connectivity index (χ2n) is 10.4. The molecule has 1 aromatic heterocycles. The standard InChI is InChI=1S/C32H22N2O5S/c35-30-25-27(31(36)33(30)21-14-6-2-7-15-21)32(20-12-4-1-5-13-20)26-23-18-10-11-19-24(23)34(28(26)29(25)39-32)40(37,38)22-16-8-3-9-17-22/h1-19,25,27,29H/t25-,27-,29-,32-/m1/s1. The predicted octanol–water partition coefficient (Wildman–Crippen LogP) is 5.01. The normalized spacial score (nSPS) is 25.0. The van der Waals surface area contributed by atoms with Gasteiger partial charge in [0.25, 0.3) is 10.0 Å². The van der Waals surface area contributed by atoms with E-state index in [2.05, 4.69) is 0 Å². The summed E-state index contributed by atoms with van der Waals surface area (Å²) in [7, 11) is -4.08. The average molecular weight is 547 g/mol. The highest BCUT2D eigenvalue weighted by molar-refractivity contribution is 7.90. The van der Waals surface area contributed by atoms with Gasteiger partial charge in [-0.25, -0.2) is 17.3 Å². The van der Waals surface area contributed by atoms with E-state index in [0.29, 0.717) is 33.4 Å². The number of para-hydroxylation sites is 2. The first-order valence-electron chi connectivity index (χ1n) is 13.1. The molecular formula is C32H22N2O5S. The molecule has 0 radical (unpaired) electrons. The number of nitrogens with zero attached hydrogens (tertiary/aromatic N) is 2. The number of hydrogen-bond donors (Lipinski definition) is 0. The summed E-state index contributed by atoms with van der Waals surface area (Å²) in [5, 5.41) is 0.681. The second kappa shape index (κ2) is 8.00. The van der Waals surface area contributed by atoms with E-state index in [-0.39, 0.29) is 16.7 Å². The summed E-state index contributed by atoms with van der Waals surface area (Å²) in [4.78, 5) is 29.7. The predicted molar refractivity (Wildman–Crippen MR) is 148 cm³/mol. The Morgan fingerprint density at radius 2 is 1.30 bits per heavy atom. The van der Waals surface area contributed by atoms with Gasteiger partial charge in [0.1, 0.15) is 11.7 Å². The van der Waals surface area contributed by atoms with Crippen LogP contribution in [-0.4, -0.2) is 24.2 Å². The van der Waals surface area contributed by atoms with Gasteiger partial charge in [-0.05, 0) is 35.9 Å². The number of amides is 2. The number of fused-ring (bicyclic) bond motifs is 10.